The van der Waals surface area contributed by atoms with Crippen molar-refractivity contribution < 1.29 is 4.52 Å². The maximum Gasteiger partial charge on any atom is 0.146 e. The van der Waals surface area contributed by atoms with Crippen molar-refractivity contribution in [3.63, 3.8) is 0 Å². The van der Waals surface area contributed by atoms with Gasteiger partial charge in [0.2, 0.25) is 0 Å². The standard InChI is InChI=1S/C9H13N5O/c1-7-11-12-9(14(7)2)6-10-5-8-3-4-15-13-8/h3-4,10H,5-6H2,1-2H3. The second-order valence-corrected chi connectivity index (χ2v) is 3.32. The van der Waals surface area contributed by atoms with Gasteiger partial charge >= 0.3 is 0 Å². The Hall–Kier alpha value is -1.69. The zero-order valence-corrected chi connectivity index (χ0v) is 8.77. The molecule has 0 fully saturated rings. The van der Waals surface area contributed by atoms with Gasteiger partial charge in [-0.2, -0.15) is 0 Å². The maximum atomic E-state index is 4.72. The van der Waals surface area contributed by atoms with Crippen LogP contribution in [0.4, 0.5) is 0 Å². The van der Waals surface area contributed by atoms with Crippen LogP contribution in [-0.4, -0.2) is 19.9 Å². The first kappa shape index (κ1) is 9.85. The summed E-state index contributed by atoms with van der Waals surface area (Å²) in [6.45, 7) is 3.26. The summed E-state index contributed by atoms with van der Waals surface area (Å²) in [6.07, 6.45) is 1.56. The highest BCUT2D eigenvalue weighted by Gasteiger charge is 2.04. The van der Waals surface area contributed by atoms with Gasteiger partial charge in [-0.25, -0.2) is 0 Å². The van der Waals surface area contributed by atoms with Crippen molar-refractivity contribution >= 4 is 0 Å². The maximum absolute atomic E-state index is 4.72. The van der Waals surface area contributed by atoms with E-state index < -0.39 is 0 Å². The van der Waals surface area contributed by atoms with E-state index in [1.807, 2.05) is 24.6 Å². The average molecular weight is 207 g/mol. The number of nitrogens with one attached hydrogen (secondary N) is 1. The van der Waals surface area contributed by atoms with Crippen molar-refractivity contribution in [2.24, 2.45) is 7.05 Å². The molecule has 0 saturated heterocycles. The van der Waals surface area contributed by atoms with E-state index in [2.05, 4.69) is 20.7 Å². The molecule has 0 amide bonds. The largest absolute Gasteiger partial charge is 0.364 e. The van der Waals surface area contributed by atoms with Crippen molar-refractivity contribution in [3.8, 4) is 0 Å². The Morgan fingerprint density at radius 3 is 2.87 bits per heavy atom. The molecule has 2 aromatic heterocycles. The molecular formula is C9H13N5O. The molecule has 2 rings (SSSR count). The van der Waals surface area contributed by atoms with Gasteiger partial charge < -0.3 is 14.4 Å². The minimum absolute atomic E-state index is 0.669. The van der Waals surface area contributed by atoms with E-state index in [0.717, 1.165) is 17.3 Å². The van der Waals surface area contributed by atoms with Crippen LogP contribution in [0.3, 0.4) is 0 Å². The van der Waals surface area contributed by atoms with Gasteiger partial charge in [-0.3, -0.25) is 0 Å². The summed E-state index contributed by atoms with van der Waals surface area (Å²) >= 11 is 0. The number of hydrogen-bond donors (Lipinski definition) is 1. The third-order valence-corrected chi connectivity index (χ3v) is 2.26. The Bertz CT molecular complexity index is 420. The van der Waals surface area contributed by atoms with Gasteiger partial charge in [0.1, 0.15) is 17.9 Å². The van der Waals surface area contributed by atoms with Gasteiger partial charge in [-0.15, -0.1) is 10.2 Å². The molecule has 0 aliphatic carbocycles. The van der Waals surface area contributed by atoms with Crippen molar-refractivity contribution in [2.75, 3.05) is 0 Å². The fourth-order valence-corrected chi connectivity index (χ4v) is 1.24. The number of aromatic nitrogens is 4. The highest BCUT2D eigenvalue weighted by atomic mass is 16.5. The molecule has 0 spiro atoms. The third-order valence-electron chi connectivity index (χ3n) is 2.26. The lowest BCUT2D eigenvalue weighted by Crippen LogP contribution is -2.16. The van der Waals surface area contributed by atoms with Crippen molar-refractivity contribution in [1.82, 2.24) is 25.2 Å². The predicted octanol–water partition coefficient (Wildman–Crippen LogP) is 0.401. The quantitative estimate of drug-likeness (QED) is 0.786. The van der Waals surface area contributed by atoms with Crippen LogP contribution in [0.25, 0.3) is 0 Å². The van der Waals surface area contributed by atoms with Gasteiger partial charge in [0.25, 0.3) is 0 Å². The molecule has 0 atom stereocenters. The van der Waals surface area contributed by atoms with Gasteiger partial charge in [-0.1, -0.05) is 5.16 Å². The van der Waals surface area contributed by atoms with Gasteiger partial charge in [-0.05, 0) is 6.92 Å². The zero-order chi connectivity index (χ0) is 10.7. The number of aryl methyl sites for hydroxylation is 1. The van der Waals surface area contributed by atoms with Crippen LogP contribution in [0.15, 0.2) is 16.9 Å². The summed E-state index contributed by atoms with van der Waals surface area (Å²) in [4.78, 5) is 0. The molecule has 0 aliphatic rings. The first-order valence-electron chi connectivity index (χ1n) is 4.72. The van der Waals surface area contributed by atoms with Gasteiger partial charge in [0.15, 0.2) is 0 Å². The first-order chi connectivity index (χ1) is 7.27. The lowest BCUT2D eigenvalue weighted by atomic mass is 10.4. The van der Waals surface area contributed by atoms with E-state index in [1.54, 1.807) is 6.26 Å². The Kier molecular flexibility index (Phi) is 2.77. The van der Waals surface area contributed by atoms with Crippen LogP contribution in [0.2, 0.25) is 0 Å². The van der Waals surface area contributed by atoms with E-state index >= 15 is 0 Å². The number of rotatable bonds is 4. The third kappa shape index (κ3) is 2.21. The van der Waals surface area contributed by atoms with E-state index in [0.29, 0.717) is 13.1 Å². The Morgan fingerprint density at radius 2 is 2.27 bits per heavy atom. The zero-order valence-electron chi connectivity index (χ0n) is 8.77. The molecule has 80 valence electrons. The molecule has 0 aliphatic heterocycles. The van der Waals surface area contributed by atoms with Crippen molar-refractivity contribution in [1.29, 1.82) is 0 Å². The Labute approximate surface area is 87.3 Å². The summed E-state index contributed by atoms with van der Waals surface area (Å²) in [5, 5.41) is 15.0. The number of nitrogens with zero attached hydrogens (tertiary/aromatic N) is 4. The molecule has 0 aromatic carbocycles. The second-order valence-electron chi connectivity index (χ2n) is 3.32. The molecule has 0 bridgehead atoms. The SMILES string of the molecule is Cc1nnc(CNCc2ccon2)n1C. The predicted molar refractivity (Wildman–Crippen MR) is 52.8 cm³/mol. The lowest BCUT2D eigenvalue weighted by molar-refractivity contribution is 0.408. The monoisotopic (exact) mass is 207 g/mol. The van der Waals surface area contributed by atoms with E-state index in [1.165, 1.54) is 0 Å². The van der Waals surface area contributed by atoms with Crippen LogP contribution >= 0.6 is 0 Å². The molecule has 1 N–H and O–H groups in total. The summed E-state index contributed by atoms with van der Waals surface area (Å²) in [5.74, 6) is 1.82. The van der Waals surface area contributed by atoms with Crippen molar-refractivity contribution in [3.05, 3.63) is 29.7 Å². The Morgan fingerprint density at radius 1 is 1.40 bits per heavy atom. The molecule has 6 nitrogen and oxygen atoms in total. The molecule has 0 saturated carbocycles. The minimum Gasteiger partial charge on any atom is -0.364 e. The number of hydrogen-bond acceptors (Lipinski definition) is 5. The molecule has 0 unspecified atom stereocenters. The van der Waals surface area contributed by atoms with E-state index in [9.17, 15) is 0 Å². The molecule has 2 aromatic rings. The van der Waals surface area contributed by atoms with Gasteiger partial charge in [0, 0.05) is 19.7 Å². The highest BCUT2D eigenvalue weighted by molar-refractivity contribution is 4.96. The summed E-state index contributed by atoms with van der Waals surface area (Å²) in [7, 11) is 1.95. The molecule has 0 radical (unpaired) electrons. The fourth-order valence-electron chi connectivity index (χ4n) is 1.24. The summed E-state index contributed by atoms with van der Waals surface area (Å²) < 4.78 is 6.68. The van der Waals surface area contributed by atoms with Crippen LogP contribution in [-0.2, 0) is 20.1 Å². The second kappa shape index (κ2) is 4.22. The van der Waals surface area contributed by atoms with Crippen molar-refractivity contribution in [2.45, 2.75) is 20.0 Å². The van der Waals surface area contributed by atoms with Gasteiger partial charge in [0.05, 0.1) is 12.2 Å². The first-order valence-corrected chi connectivity index (χ1v) is 4.72. The molecule has 6 heteroatoms. The fraction of sp³-hybridized carbons (Fsp3) is 0.444. The molecular weight excluding hydrogens is 194 g/mol. The Balaban J connectivity index is 1.86. The summed E-state index contributed by atoms with van der Waals surface area (Å²) in [5.41, 5.74) is 0.883. The van der Waals surface area contributed by atoms with Crippen LogP contribution in [0, 0.1) is 6.92 Å². The van der Waals surface area contributed by atoms with E-state index in [4.69, 9.17) is 4.52 Å². The van der Waals surface area contributed by atoms with Crippen LogP contribution in [0.1, 0.15) is 17.3 Å². The summed E-state index contributed by atoms with van der Waals surface area (Å²) in [6, 6.07) is 1.83. The minimum atomic E-state index is 0.669. The topological polar surface area (TPSA) is 68.8 Å². The van der Waals surface area contributed by atoms with Crippen LogP contribution < -0.4 is 5.32 Å². The lowest BCUT2D eigenvalue weighted by Gasteiger charge is -2.02. The average Bonchev–Trinajstić information content (AvgIpc) is 2.83. The normalized spacial score (nSPS) is 10.8. The molecule has 2 heterocycles. The van der Waals surface area contributed by atoms with E-state index in [-0.39, 0.29) is 0 Å². The highest BCUT2D eigenvalue weighted by Crippen LogP contribution is 1.98. The molecule has 15 heavy (non-hydrogen) atoms. The van der Waals surface area contributed by atoms with Crippen LogP contribution in [0.5, 0.6) is 0 Å². The smallest absolute Gasteiger partial charge is 0.146 e.